The van der Waals surface area contributed by atoms with E-state index in [9.17, 15) is 30.3 Å². The van der Waals surface area contributed by atoms with Gasteiger partial charge in [-0.25, -0.2) is 0 Å². The van der Waals surface area contributed by atoms with Crippen molar-refractivity contribution in [2.24, 2.45) is 0 Å². The summed E-state index contributed by atoms with van der Waals surface area (Å²) in [5.74, 6) is -1.21. The predicted molar refractivity (Wildman–Crippen MR) is 151 cm³/mol. The van der Waals surface area contributed by atoms with Crippen molar-refractivity contribution < 1.29 is 28.8 Å². The molecular weight excluding hydrogens is 518 g/mol. The molecule has 2 aromatic rings. The molecule has 218 valence electrons. The fourth-order valence-electron chi connectivity index (χ4n) is 5.83. The minimum atomic E-state index is -1.21. The van der Waals surface area contributed by atoms with Crippen molar-refractivity contribution in [3.63, 3.8) is 0 Å². The van der Waals surface area contributed by atoms with Gasteiger partial charge in [0.05, 0.1) is 67.2 Å². The largest absolute Gasteiger partial charge is 0.497 e. The van der Waals surface area contributed by atoms with Crippen molar-refractivity contribution in [1.82, 2.24) is 0 Å². The highest BCUT2D eigenvalue weighted by atomic mass is 16.6. The Balaban J connectivity index is 0.000000241. The van der Waals surface area contributed by atoms with E-state index in [1.54, 1.807) is 0 Å². The number of phenols is 1. The maximum absolute atomic E-state index is 10.4. The Labute approximate surface area is 234 Å². The molecule has 2 aromatic carbocycles. The topological polar surface area (TPSA) is 150 Å². The molecule has 0 spiro atoms. The lowest BCUT2D eigenvalue weighted by atomic mass is 10.1. The molecule has 12 heteroatoms. The summed E-state index contributed by atoms with van der Waals surface area (Å²) in [7, 11) is 4.92. The number of likely N-dealkylation sites (tertiary alicyclic amines) is 2. The van der Waals surface area contributed by atoms with Gasteiger partial charge >= 0.3 is 11.4 Å². The molecule has 2 aliphatic rings. The van der Waals surface area contributed by atoms with Crippen molar-refractivity contribution in [2.75, 3.05) is 40.3 Å². The summed E-state index contributed by atoms with van der Waals surface area (Å²) in [6, 6.07) is 10.5. The molecule has 0 unspecified atom stereocenters. The average molecular weight is 560 g/mol. The Morgan fingerprint density at radius 2 is 0.950 bits per heavy atom. The highest BCUT2D eigenvalue weighted by Gasteiger charge is 2.30. The number of aromatic hydroxyl groups is 1. The quantitative estimate of drug-likeness (QED) is 0.254. The van der Waals surface area contributed by atoms with Gasteiger partial charge < -0.3 is 14.1 Å². The first kappa shape index (κ1) is 30.9. The molecule has 0 saturated carbocycles. The van der Waals surface area contributed by atoms with Crippen LogP contribution in [-0.4, -0.2) is 69.1 Å². The monoisotopic (exact) mass is 559 g/mol. The van der Waals surface area contributed by atoms with E-state index in [-0.39, 0.29) is 0 Å². The Kier molecular flexibility index (Phi) is 10.5. The van der Waals surface area contributed by atoms with Crippen LogP contribution < -0.4 is 0 Å². The first-order valence-corrected chi connectivity index (χ1v) is 14.0. The van der Waals surface area contributed by atoms with Crippen LogP contribution >= 0.6 is 0 Å². The van der Waals surface area contributed by atoms with Crippen LogP contribution in [0.2, 0.25) is 0 Å². The van der Waals surface area contributed by atoms with Crippen LogP contribution in [0, 0.1) is 30.3 Å². The molecular formula is C28H41N5O7+2. The maximum Gasteiger partial charge on any atom is 0.324 e. The SMILES string of the molecule is C[N+]1(Cc2ccc(C[N+]3(C)CCCCCC3)cc2)CCCCCC1.O=[N+]([O-])c1cc([N+](=O)[O-])c(O)c([N+](=O)[O-])c1. The van der Waals surface area contributed by atoms with E-state index in [0.29, 0.717) is 12.1 Å². The Hall–Kier alpha value is -3.64. The average Bonchev–Trinajstić information content (AvgIpc) is 3.24. The van der Waals surface area contributed by atoms with Gasteiger partial charge in [0.15, 0.2) is 0 Å². The maximum atomic E-state index is 10.4. The summed E-state index contributed by atoms with van der Waals surface area (Å²) in [6.07, 6.45) is 11.4. The summed E-state index contributed by atoms with van der Waals surface area (Å²) < 4.78 is 2.49. The molecule has 2 aliphatic heterocycles. The van der Waals surface area contributed by atoms with E-state index in [2.05, 4.69) is 38.4 Å². The number of rotatable bonds is 7. The molecule has 0 atom stereocenters. The Morgan fingerprint density at radius 1 is 0.625 bits per heavy atom. The number of nitro benzene ring substituents is 3. The zero-order valence-electron chi connectivity index (χ0n) is 23.5. The molecule has 0 bridgehead atoms. The van der Waals surface area contributed by atoms with Gasteiger partial charge in [0.1, 0.15) is 13.1 Å². The third-order valence-corrected chi connectivity index (χ3v) is 8.10. The van der Waals surface area contributed by atoms with Crippen molar-refractivity contribution >= 4 is 17.1 Å². The van der Waals surface area contributed by atoms with Gasteiger partial charge in [0, 0.05) is 11.1 Å². The van der Waals surface area contributed by atoms with Crippen LogP contribution in [0.25, 0.3) is 0 Å². The second-order valence-corrected chi connectivity index (χ2v) is 11.7. The van der Waals surface area contributed by atoms with E-state index in [4.69, 9.17) is 5.11 Å². The van der Waals surface area contributed by atoms with Crippen LogP contribution in [0.5, 0.6) is 5.75 Å². The fourth-order valence-corrected chi connectivity index (χ4v) is 5.83. The van der Waals surface area contributed by atoms with Gasteiger partial charge in [-0.3, -0.25) is 30.3 Å². The lowest BCUT2D eigenvalue weighted by Gasteiger charge is -2.34. The molecule has 0 aromatic heterocycles. The van der Waals surface area contributed by atoms with Gasteiger partial charge in [-0.1, -0.05) is 24.3 Å². The third-order valence-electron chi connectivity index (χ3n) is 8.10. The van der Waals surface area contributed by atoms with E-state index in [1.165, 1.54) is 111 Å². The summed E-state index contributed by atoms with van der Waals surface area (Å²) in [6.45, 7) is 7.86. The normalized spacial score (nSPS) is 18.4. The molecule has 1 N–H and O–H groups in total. The number of quaternary nitrogens is 2. The first-order valence-electron chi connectivity index (χ1n) is 14.0. The summed E-state index contributed by atoms with van der Waals surface area (Å²) in [5, 5.41) is 40.2. The van der Waals surface area contributed by atoms with Gasteiger partial charge in [-0.05, 0) is 51.4 Å². The highest BCUT2D eigenvalue weighted by molar-refractivity contribution is 5.64. The predicted octanol–water partition coefficient (Wildman–Crippen LogP) is 5.84. The van der Waals surface area contributed by atoms with E-state index >= 15 is 0 Å². The van der Waals surface area contributed by atoms with Crippen LogP contribution in [0.3, 0.4) is 0 Å². The minimum absolute atomic E-state index is 0.447. The van der Waals surface area contributed by atoms with Crippen LogP contribution in [-0.2, 0) is 13.1 Å². The van der Waals surface area contributed by atoms with E-state index in [1.807, 2.05) is 0 Å². The van der Waals surface area contributed by atoms with Gasteiger partial charge in [0.2, 0.25) is 0 Å². The fraction of sp³-hybridized carbons (Fsp3) is 0.571. The molecule has 0 aliphatic carbocycles. The minimum Gasteiger partial charge on any atom is -0.497 e. The van der Waals surface area contributed by atoms with Crippen molar-refractivity contribution in [3.8, 4) is 5.75 Å². The summed E-state index contributed by atoms with van der Waals surface area (Å²) >= 11 is 0. The molecule has 4 rings (SSSR count). The van der Waals surface area contributed by atoms with Crippen molar-refractivity contribution in [3.05, 3.63) is 77.9 Å². The van der Waals surface area contributed by atoms with Gasteiger partial charge in [-0.2, -0.15) is 0 Å². The van der Waals surface area contributed by atoms with Crippen LogP contribution in [0.1, 0.15) is 62.5 Å². The number of benzene rings is 2. The molecule has 12 nitrogen and oxygen atoms in total. The number of nitrogens with zero attached hydrogens (tertiary/aromatic N) is 5. The number of phenolic OH excluding ortho intramolecular Hbond substituents is 1. The molecule has 40 heavy (non-hydrogen) atoms. The molecule has 2 fully saturated rings. The lowest BCUT2D eigenvalue weighted by Crippen LogP contribution is -2.44. The standard InChI is InChI=1S/C22H38N2.C6H3N3O7/c1-23(15-7-3-4-8-16-23)19-21-11-13-22(14-12-21)20-24(2)17-9-5-6-10-18-24;10-6-4(8(13)14)1-3(7(11)12)2-5(6)9(15)16/h11-14H,3-10,15-20H2,1-2H3;1-2,10H/q+2;. The zero-order chi connectivity index (χ0) is 29.3. The van der Waals surface area contributed by atoms with Crippen molar-refractivity contribution in [2.45, 2.75) is 64.5 Å². The third kappa shape index (κ3) is 8.68. The summed E-state index contributed by atoms with van der Waals surface area (Å²) in [4.78, 5) is 27.8. The molecule has 2 heterocycles. The lowest BCUT2D eigenvalue weighted by molar-refractivity contribution is -0.922. The van der Waals surface area contributed by atoms with Gasteiger partial charge in [0.25, 0.3) is 11.4 Å². The second kappa shape index (κ2) is 13.6. The molecule has 0 radical (unpaired) electrons. The number of non-ortho nitro benzene ring substituents is 1. The Bertz CT molecular complexity index is 1100. The highest BCUT2D eigenvalue weighted by Crippen LogP contribution is 2.39. The van der Waals surface area contributed by atoms with E-state index in [0.717, 1.165) is 0 Å². The van der Waals surface area contributed by atoms with Crippen LogP contribution in [0.15, 0.2) is 36.4 Å². The number of hydrogen-bond acceptors (Lipinski definition) is 7. The second-order valence-electron chi connectivity index (χ2n) is 11.7. The smallest absolute Gasteiger partial charge is 0.324 e. The number of nitro groups is 3. The van der Waals surface area contributed by atoms with Crippen molar-refractivity contribution in [1.29, 1.82) is 0 Å². The first-order chi connectivity index (χ1) is 18.9. The zero-order valence-corrected chi connectivity index (χ0v) is 23.5. The van der Waals surface area contributed by atoms with Gasteiger partial charge in [-0.15, -0.1) is 0 Å². The summed E-state index contributed by atoms with van der Waals surface area (Å²) in [5.41, 5.74) is 0.0568. The Morgan fingerprint density at radius 3 is 1.23 bits per heavy atom. The molecule has 0 amide bonds. The molecule has 2 saturated heterocycles. The van der Waals surface area contributed by atoms with Crippen LogP contribution in [0.4, 0.5) is 17.1 Å². The van der Waals surface area contributed by atoms with E-state index < -0.39 is 37.6 Å². The number of hydrogen-bond donors (Lipinski definition) is 1.